The Morgan fingerprint density at radius 3 is 3.04 bits per heavy atom. The molecule has 2 aliphatic heterocycles. The van der Waals surface area contributed by atoms with Crippen LogP contribution in [0.15, 0.2) is 24.4 Å². The summed E-state index contributed by atoms with van der Waals surface area (Å²) in [5.41, 5.74) is 1.64. The number of aromatic amines is 1. The van der Waals surface area contributed by atoms with Gasteiger partial charge in [-0.3, -0.25) is 4.79 Å². The minimum Gasteiger partial charge on any atom is -0.486 e. The number of carbonyl (C=O) groups is 1. The molecule has 2 aromatic rings. The number of carbonyl (C=O) groups excluding carboxylic acids is 1. The summed E-state index contributed by atoms with van der Waals surface area (Å²) in [4.78, 5) is 22.7. The summed E-state index contributed by atoms with van der Waals surface area (Å²) < 4.78 is 11.3. The van der Waals surface area contributed by atoms with Crippen LogP contribution >= 0.6 is 0 Å². The van der Waals surface area contributed by atoms with Crippen molar-refractivity contribution in [2.45, 2.75) is 25.7 Å². The monoisotopic (exact) mass is 327 g/mol. The number of aromatic nitrogens is 2. The van der Waals surface area contributed by atoms with Crippen LogP contribution in [-0.2, 0) is 0 Å². The minimum absolute atomic E-state index is 0.00493. The van der Waals surface area contributed by atoms with Crippen LogP contribution in [0.4, 0.5) is 0 Å². The Balaban J connectivity index is 1.56. The van der Waals surface area contributed by atoms with Crippen LogP contribution in [0.5, 0.6) is 11.5 Å². The Morgan fingerprint density at radius 2 is 2.21 bits per heavy atom. The summed E-state index contributed by atoms with van der Waals surface area (Å²) in [6.07, 6.45) is 3.86. The molecule has 1 amide bonds. The molecule has 4 rings (SSSR count). The molecule has 1 atom stereocenters. The number of ether oxygens (including phenoxy) is 2. The lowest BCUT2D eigenvalue weighted by Gasteiger charge is -2.32. The van der Waals surface area contributed by atoms with E-state index in [0.29, 0.717) is 36.8 Å². The van der Waals surface area contributed by atoms with Crippen molar-refractivity contribution in [2.24, 2.45) is 0 Å². The molecule has 1 fully saturated rings. The zero-order valence-corrected chi connectivity index (χ0v) is 13.7. The Labute approximate surface area is 140 Å². The average Bonchev–Trinajstić information content (AvgIpc) is 3.07. The van der Waals surface area contributed by atoms with E-state index in [1.165, 1.54) is 0 Å². The van der Waals surface area contributed by atoms with E-state index in [0.717, 1.165) is 30.9 Å². The predicted octanol–water partition coefficient (Wildman–Crippen LogP) is 2.51. The van der Waals surface area contributed by atoms with Gasteiger partial charge in [0.05, 0.1) is 5.56 Å². The Kier molecular flexibility index (Phi) is 3.88. The normalized spacial score (nSPS) is 20.0. The molecule has 126 valence electrons. The molecular formula is C18H21N3O3. The van der Waals surface area contributed by atoms with E-state index in [4.69, 9.17) is 9.47 Å². The molecule has 1 N–H and O–H groups in total. The average molecular weight is 327 g/mol. The number of nitrogens with zero attached hydrogens (tertiary/aromatic N) is 2. The minimum atomic E-state index is 0.00493. The molecule has 0 saturated carbocycles. The van der Waals surface area contributed by atoms with Gasteiger partial charge in [-0.1, -0.05) is 6.07 Å². The summed E-state index contributed by atoms with van der Waals surface area (Å²) >= 11 is 0. The number of likely N-dealkylation sites (tertiary alicyclic amines) is 1. The van der Waals surface area contributed by atoms with Crippen molar-refractivity contribution >= 4 is 5.91 Å². The van der Waals surface area contributed by atoms with Crippen LogP contribution in [0.1, 0.15) is 40.6 Å². The number of hydrogen-bond acceptors (Lipinski definition) is 4. The molecule has 2 aliphatic rings. The molecule has 0 unspecified atom stereocenters. The molecular weight excluding hydrogens is 306 g/mol. The van der Waals surface area contributed by atoms with E-state index in [9.17, 15) is 4.79 Å². The number of fused-ring (bicyclic) bond motifs is 1. The first kappa shape index (κ1) is 15.1. The number of H-pyrrole nitrogens is 1. The number of aryl methyl sites for hydroxylation is 1. The standard InChI is InChI=1S/C18H21N3O3/c1-12-10-19-17(20-12)13-4-3-7-21(11-13)18(22)14-5-2-6-15-16(14)24-9-8-23-15/h2,5-6,10,13H,3-4,7-9,11H2,1H3,(H,19,20)/t13-/m0/s1. The Hall–Kier alpha value is -2.50. The van der Waals surface area contributed by atoms with Crippen LogP contribution < -0.4 is 9.47 Å². The number of amides is 1. The Bertz CT molecular complexity index is 756. The van der Waals surface area contributed by atoms with Gasteiger partial charge in [0.15, 0.2) is 11.5 Å². The lowest BCUT2D eigenvalue weighted by atomic mass is 9.96. The summed E-state index contributed by atoms with van der Waals surface area (Å²) in [6.45, 7) is 4.44. The number of benzene rings is 1. The van der Waals surface area contributed by atoms with Gasteiger partial charge in [0.2, 0.25) is 0 Å². The third-order valence-electron chi connectivity index (χ3n) is 4.61. The van der Waals surface area contributed by atoms with Crippen molar-refractivity contribution < 1.29 is 14.3 Å². The molecule has 0 spiro atoms. The van der Waals surface area contributed by atoms with Crippen LogP contribution in [0.25, 0.3) is 0 Å². The van der Waals surface area contributed by atoms with E-state index in [1.807, 2.05) is 36.2 Å². The SMILES string of the molecule is Cc1cnc([C@H]2CCCN(C(=O)c3cccc4c3OCCO4)C2)[nH]1. The maximum absolute atomic E-state index is 13.0. The molecule has 0 radical (unpaired) electrons. The maximum atomic E-state index is 13.0. The highest BCUT2D eigenvalue weighted by Gasteiger charge is 2.30. The van der Waals surface area contributed by atoms with Gasteiger partial charge in [-0.05, 0) is 31.9 Å². The molecule has 6 heteroatoms. The van der Waals surface area contributed by atoms with Gasteiger partial charge < -0.3 is 19.4 Å². The summed E-state index contributed by atoms with van der Waals surface area (Å²) in [5.74, 6) is 2.46. The van der Waals surface area contributed by atoms with E-state index < -0.39 is 0 Å². The second-order valence-electron chi connectivity index (χ2n) is 6.37. The van der Waals surface area contributed by atoms with E-state index in [2.05, 4.69) is 9.97 Å². The number of nitrogens with one attached hydrogen (secondary N) is 1. The zero-order chi connectivity index (χ0) is 16.5. The molecule has 24 heavy (non-hydrogen) atoms. The maximum Gasteiger partial charge on any atom is 0.257 e. The van der Waals surface area contributed by atoms with Crippen molar-refractivity contribution in [3.05, 3.63) is 41.5 Å². The van der Waals surface area contributed by atoms with Crippen LogP contribution in [0.3, 0.4) is 0 Å². The van der Waals surface area contributed by atoms with Gasteiger partial charge in [0.25, 0.3) is 5.91 Å². The Morgan fingerprint density at radius 1 is 1.33 bits per heavy atom. The lowest BCUT2D eigenvalue weighted by Crippen LogP contribution is -2.39. The van der Waals surface area contributed by atoms with E-state index in [1.54, 1.807) is 0 Å². The fourth-order valence-corrected chi connectivity index (χ4v) is 3.44. The number of imidazole rings is 1. The highest BCUT2D eigenvalue weighted by molar-refractivity contribution is 5.98. The first-order valence-corrected chi connectivity index (χ1v) is 8.42. The topological polar surface area (TPSA) is 67.5 Å². The molecule has 1 aromatic heterocycles. The highest BCUT2D eigenvalue weighted by Crippen LogP contribution is 2.35. The molecule has 1 aromatic carbocycles. The van der Waals surface area contributed by atoms with Gasteiger partial charge >= 0.3 is 0 Å². The number of hydrogen-bond donors (Lipinski definition) is 1. The van der Waals surface area contributed by atoms with Crippen molar-refractivity contribution in [3.63, 3.8) is 0 Å². The van der Waals surface area contributed by atoms with E-state index in [-0.39, 0.29) is 11.8 Å². The quantitative estimate of drug-likeness (QED) is 0.920. The fourth-order valence-electron chi connectivity index (χ4n) is 3.44. The van der Waals surface area contributed by atoms with Crippen molar-refractivity contribution in [3.8, 4) is 11.5 Å². The molecule has 0 aliphatic carbocycles. The summed E-state index contributed by atoms with van der Waals surface area (Å²) in [6, 6.07) is 5.50. The zero-order valence-electron chi connectivity index (χ0n) is 13.7. The number of rotatable bonds is 2. The van der Waals surface area contributed by atoms with Crippen LogP contribution in [0.2, 0.25) is 0 Å². The number of para-hydroxylation sites is 1. The molecule has 1 saturated heterocycles. The number of piperidine rings is 1. The molecule has 0 bridgehead atoms. The fraction of sp³-hybridized carbons (Fsp3) is 0.444. The van der Waals surface area contributed by atoms with Crippen LogP contribution in [-0.4, -0.2) is 47.1 Å². The summed E-state index contributed by atoms with van der Waals surface area (Å²) in [5, 5.41) is 0. The second-order valence-corrected chi connectivity index (χ2v) is 6.37. The van der Waals surface area contributed by atoms with Crippen molar-refractivity contribution in [2.75, 3.05) is 26.3 Å². The van der Waals surface area contributed by atoms with Gasteiger partial charge in [-0.2, -0.15) is 0 Å². The molecule has 6 nitrogen and oxygen atoms in total. The predicted molar refractivity (Wildman–Crippen MR) is 88.6 cm³/mol. The van der Waals surface area contributed by atoms with Crippen molar-refractivity contribution in [1.29, 1.82) is 0 Å². The smallest absolute Gasteiger partial charge is 0.257 e. The van der Waals surface area contributed by atoms with Gasteiger partial charge in [-0.15, -0.1) is 0 Å². The van der Waals surface area contributed by atoms with Gasteiger partial charge in [0.1, 0.15) is 19.0 Å². The largest absolute Gasteiger partial charge is 0.486 e. The third-order valence-corrected chi connectivity index (χ3v) is 4.61. The van der Waals surface area contributed by atoms with Gasteiger partial charge in [0, 0.05) is 30.9 Å². The first-order chi connectivity index (χ1) is 11.7. The highest BCUT2D eigenvalue weighted by atomic mass is 16.6. The van der Waals surface area contributed by atoms with Gasteiger partial charge in [-0.25, -0.2) is 4.98 Å². The second kappa shape index (κ2) is 6.19. The first-order valence-electron chi connectivity index (χ1n) is 8.42. The summed E-state index contributed by atoms with van der Waals surface area (Å²) in [7, 11) is 0. The lowest BCUT2D eigenvalue weighted by molar-refractivity contribution is 0.0694. The third kappa shape index (κ3) is 2.72. The van der Waals surface area contributed by atoms with Crippen molar-refractivity contribution in [1.82, 2.24) is 14.9 Å². The van der Waals surface area contributed by atoms with Crippen LogP contribution in [0, 0.1) is 6.92 Å². The van der Waals surface area contributed by atoms with E-state index >= 15 is 0 Å². The molecule has 3 heterocycles.